The summed E-state index contributed by atoms with van der Waals surface area (Å²) in [5.41, 5.74) is 2.58. The quantitative estimate of drug-likeness (QED) is 0.390. The molecular formula is C14H22INO2Y. The van der Waals surface area contributed by atoms with Crippen LogP contribution < -0.4 is 0 Å². The zero-order valence-electron chi connectivity index (χ0n) is 12.3. The van der Waals surface area contributed by atoms with Crippen molar-refractivity contribution in [3.05, 3.63) is 32.9 Å². The molecule has 0 saturated heterocycles. The Labute approximate surface area is 151 Å². The van der Waals surface area contributed by atoms with Crippen LogP contribution in [-0.2, 0) is 48.7 Å². The molecule has 1 unspecified atom stereocenters. The van der Waals surface area contributed by atoms with Crippen LogP contribution in [0.3, 0.4) is 0 Å². The first-order valence-corrected chi connectivity index (χ1v) is 9.37. The molecule has 1 atom stereocenters. The summed E-state index contributed by atoms with van der Waals surface area (Å²) in [6.07, 6.45) is 0.708. The summed E-state index contributed by atoms with van der Waals surface area (Å²) < 4.78 is 6.33. The SMILES string of the molecule is COC(=O)C(Cc1ccc(C)c([IH]C)c1)N(C)C.[Y]. The second kappa shape index (κ2) is 9.43. The van der Waals surface area contributed by atoms with Gasteiger partial charge in [0, 0.05) is 32.7 Å². The van der Waals surface area contributed by atoms with Gasteiger partial charge < -0.3 is 0 Å². The van der Waals surface area contributed by atoms with E-state index >= 15 is 0 Å². The standard InChI is InChI=1S/C14H22INO2.Y/c1-10-6-7-11(8-12(10)15-2)9-13(16(3)4)14(17)18-5;/h6-8,13,15H,9H2,1-5H3;. The van der Waals surface area contributed by atoms with E-state index in [1.54, 1.807) is 0 Å². The van der Waals surface area contributed by atoms with Gasteiger partial charge in [-0.15, -0.1) is 0 Å². The van der Waals surface area contributed by atoms with E-state index in [9.17, 15) is 4.79 Å². The molecule has 0 aliphatic heterocycles. The van der Waals surface area contributed by atoms with Gasteiger partial charge in [-0.2, -0.15) is 0 Å². The fourth-order valence-corrected chi connectivity index (χ4v) is 3.71. The molecule has 0 N–H and O–H groups in total. The van der Waals surface area contributed by atoms with Crippen molar-refractivity contribution < 1.29 is 42.2 Å². The van der Waals surface area contributed by atoms with Crippen molar-refractivity contribution in [2.24, 2.45) is 0 Å². The Morgan fingerprint density at radius 3 is 2.53 bits per heavy atom. The van der Waals surface area contributed by atoms with Crippen LogP contribution in [0.15, 0.2) is 18.2 Å². The molecule has 3 nitrogen and oxygen atoms in total. The zero-order valence-corrected chi connectivity index (χ0v) is 17.4. The summed E-state index contributed by atoms with van der Waals surface area (Å²) in [5, 5.41) is 0. The second-order valence-electron chi connectivity index (χ2n) is 4.51. The number of halogens is 1. The molecular weight excluding hydrogens is 430 g/mol. The van der Waals surface area contributed by atoms with Gasteiger partial charge in [-0.1, -0.05) is 0 Å². The second-order valence-corrected chi connectivity index (χ2v) is 6.93. The van der Waals surface area contributed by atoms with Crippen molar-refractivity contribution in [1.29, 1.82) is 0 Å². The number of carbonyl (C=O) groups is 1. The van der Waals surface area contributed by atoms with Crippen molar-refractivity contribution in [3.63, 3.8) is 0 Å². The number of esters is 1. The van der Waals surface area contributed by atoms with Crippen LogP contribution in [0.25, 0.3) is 0 Å². The number of hydrogen-bond acceptors (Lipinski definition) is 3. The Bertz CT molecular complexity index is 424. The number of hydrogen-bond donors (Lipinski definition) is 0. The predicted octanol–water partition coefficient (Wildman–Crippen LogP) is 2.14. The van der Waals surface area contributed by atoms with Gasteiger partial charge in [0.1, 0.15) is 0 Å². The van der Waals surface area contributed by atoms with Crippen LogP contribution in [0.1, 0.15) is 11.1 Å². The van der Waals surface area contributed by atoms with Crippen LogP contribution in [0.2, 0.25) is 0 Å². The Hall–Kier alpha value is 0.484. The summed E-state index contributed by atoms with van der Waals surface area (Å²) >= 11 is -0.0909. The Kier molecular flexibility index (Phi) is 9.67. The number of carbonyl (C=O) groups excluding carboxylic acids is 1. The smallest absolute Gasteiger partial charge is 0 e. The van der Waals surface area contributed by atoms with E-state index in [1.807, 2.05) is 19.0 Å². The monoisotopic (exact) mass is 452 g/mol. The van der Waals surface area contributed by atoms with Crippen molar-refractivity contribution in [2.75, 3.05) is 26.1 Å². The van der Waals surface area contributed by atoms with Gasteiger partial charge in [-0.05, 0) is 0 Å². The fraction of sp³-hybridized carbons (Fsp3) is 0.500. The maximum Gasteiger partial charge on any atom is 0 e. The third-order valence-corrected chi connectivity index (χ3v) is 5.51. The molecule has 0 heterocycles. The maximum absolute atomic E-state index is 11.7. The van der Waals surface area contributed by atoms with Gasteiger partial charge >= 0.3 is 120 Å². The van der Waals surface area contributed by atoms with Crippen LogP contribution in [0.4, 0.5) is 0 Å². The average Bonchev–Trinajstić information content (AvgIpc) is 2.36. The third kappa shape index (κ3) is 5.78. The molecule has 1 rings (SSSR count). The summed E-state index contributed by atoms with van der Waals surface area (Å²) in [5.74, 6) is -0.171. The first-order chi connectivity index (χ1) is 8.49. The van der Waals surface area contributed by atoms with E-state index in [2.05, 4.69) is 30.1 Å². The molecule has 0 amide bonds. The average molecular weight is 452 g/mol. The van der Waals surface area contributed by atoms with Crippen LogP contribution in [0, 0.1) is 10.5 Å². The number of benzene rings is 1. The molecule has 0 spiro atoms. The molecule has 1 radical (unpaired) electrons. The van der Waals surface area contributed by atoms with Crippen molar-refractivity contribution >= 4 is 27.2 Å². The van der Waals surface area contributed by atoms with Gasteiger partial charge in [-0.3, -0.25) is 0 Å². The zero-order chi connectivity index (χ0) is 13.7. The number of aryl methyl sites for hydroxylation is 1. The molecule has 0 aliphatic carbocycles. The third-order valence-electron chi connectivity index (χ3n) is 3.00. The van der Waals surface area contributed by atoms with Crippen molar-refractivity contribution in [1.82, 2.24) is 4.90 Å². The molecule has 0 aliphatic rings. The minimum Gasteiger partial charge on any atom is 0 e. The van der Waals surface area contributed by atoms with E-state index in [4.69, 9.17) is 4.74 Å². The van der Waals surface area contributed by atoms with Crippen molar-refractivity contribution in [3.8, 4) is 0 Å². The largest absolute Gasteiger partial charge is 0 e. The molecule has 0 bridgehead atoms. The number of nitrogens with zero attached hydrogens (tertiary/aromatic N) is 1. The maximum atomic E-state index is 11.7. The van der Waals surface area contributed by atoms with Gasteiger partial charge in [0.25, 0.3) is 0 Å². The first-order valence-electron chi connectivity index (χ1n) is 5.87. The Balaban J connectivity index is 0.00000324. The summed E-state index contributed by atoms with van der Waals surface area (Å²) in [4.78, 5) is 15.9. The van der Waals surface area contributed by atoms with Gasteiger partial charge in [-0.25, -0.2) is 0 Å². The Morgan fingerprint density at radius 1 is 1.42 bits per heavy atom. The predicted molar refractivity (Wildman–Crippen MR) is 84.4 cm³/mol. The van der Waals surface area contributed by atoms with Crippen LogP contribution >= 0.6 is 21.2 Å². The minimum absolute atomic E-state index is 0. The summed E-state index contributed by atoms with van der Waals surface area (Å²) in [6, 6.07) is 6.31. The number of rotatable bonds is 5. The van der Waals surface area contributed by atoms with E-state index in [1.165, 1.54) is 21.8 Å². The van der Waals surface area contributed by atoms with Crippen molar-refractivity contribution in [2.45, 2.75) is 19.4 Å². The number of likely N-dealkylation sites (N-methyl/N-ethyl adjacent to an activating group) is 1. The molecule has 0 saturated carbocycles. The van der Waals surface area contributed by atoms with Gasteiger partial charge in [0.15, 0.2) is 0 Å². The minimum atomic E-state index is -0.206. The summed E-state index contributed by atoms with van der Waals surface area (Å²) in [6.45, 7) is 2.15. The van der Waals surface area contributed by atoms with Crippen LogP contribution in [0.5, 0.6) is 0 Å². The molecule has 1 aromatic rings. The van der Waals surface area contributed by atoms with Crippen LogP contribution in [-0.4, -0.2) is 43.0 Å². The van der Waals surface area contributed by atoms with E-state index in [-0.39, 0.29) is 65.9 Å². The molecule has 105 valence electrons. The Morgan fingerprint density at radius 2 is 2.05 bits per heavy atom. The first kappa shape index (κ1) is 19.5. The summed E-state index contributed by atoms with van der Waals surface area (Å²) in [7, 11) is 5.26. The number of ether oxygens (including phenoxy) is 1. The normalized spacial score (nSPS) is 12.1. The molecule has 5 heteroatoms. The molecule has 19 heavy (non-hydrogen) atoms. The van der Waals surface area contributed by atoms with Gasteiger partial charge in [0.05, 0.1) is 0 Å². The number of methoxy groups -OCH3 is 1. The van der Waals surface area contributed by atoms with E-state index < -0.39 is 0 Å². The van der Waals surface area contributed by atoms with E-state index in [0.717, 1.165) is 0 Å². The van der Waals surface area contributed by atoms with Gasteiger partial charge in [0.2, 0.25) is 0 Å². The van der Waals surface area contributed by atoms with E-state index in [0.29, 0.717) is 6.42 Å². The topological polar surface area (TPSA) is 29.5 Å². The molecule has 0 fully saturated rings. The fourth-order valence-electron chi connectivity index (χ4n) is 1.83. The number of alkyl halides is 1. The molecule has 1 aromatic carbocycles. The molecule has 0 aromatic heterocycles.